The maximum Gasteiger partial charge on any atom is 0.165 e. The van der Waals surface area contributed by atoms with Gasteiger partial charge in [-0.25, -0.2) is 9.97 Å². The molecule has 0 radical (unpaired) electrons. The summed E-state index contributed by atoms with van der Waals surface area (Å²) in [6.07, 6.45) is 0.866. The zero-order chi connectivity index (χ0) is 21.1. The van der Waals surface area contributed by atoms with E-state index in [-0.39, 0.29) is 11.8 Å². The van der Waals surface area contributed by atoms with Crippen LogP contribution >= 0.6 is 11.6 Å². The molecule has 0 aliphatic carbocycles. The third kappa shape index (κ3) is 4.22. The second-order valence-corrected chi connectivity index (χ2v) is 7.64. The van der Waals surface area contributed by atoms with Gasteiger partial charge in [-0.2, -0.15) is 0 Å². The zero-order valence-corrected chi connectivity index (χ0v) is 17.4. The number of anilines is 1. The van der Waals surface area contributed by atoms with Crippen LogP contribution in [0.25, 0.3) is 33.4 Å². The number of nitrogens with one attached hydrogen (secondary N) is 1. The quantitative estimate of drug-likeness (QED) is 0.386. The molecule has 4 aromatic rings. The Bertz CT molecular complexity index is 1190. The number of rotatable bonds is 6. The third-order valence-corrected chi connectivity index (χ3v) is 5.29. The Hall–Kier alpha value is -3.15. The van der Waals surface area contributed by atoms with Crippen molar-refractivity contribution in [2.24, 2.45) is 5.73 Å². The van der Waals surface area contributed by atoms with Crippen molar-refractivity contribution in [1.82, 2.24) is 9.97 Å². The summed E-state index contributed by atoms with van der Waals surface area (Å²) in [6, 6.07) is 20.8. The van der Waals surface area contributed by atoms with Crippen LogP contribution in [0.1, 0.15) is 13.3 Å². The molecule has 0 bridgehead atoms. The Morgan fingerprint density at radius 1 is 1.00 bits per heavy atom. The van der Waals surface area contributed by atoms with Gasteiger partial charge in [0.15, 0.2) is 5.82 Å². The van der Waals surface area contributed by atoms with Crippen molar-refractivity contribution in [1.29, 1.82) is 0 Å². The number of phenols is 1. The molecule has 1 heterocycles. The lowest BCUT2D eigenvalue weighted by molar-refractivity contribution is 0.477. The van der Waals surface area contributed by atoms with E-state index in [1.807, 2.05) is 60.7 Å². The number of phenolic OH excluding ortho intramolecular Hbond substituents is 1. The molecule has 1 unspecified atom stereocenters. The molecule has 0 saturated heterocycles. The first-order valence-corrected chi connectivity index (χ1v) is 10.3. The van der Waals surface area contributed by atoms with Crippen molar-refractivity contribution >= 4 is 28.3 Å². The average molecular weight is 419 g/mol. The number of nitrogens with zero attached hydrogens (tertiary/aromatic N) is 2. The predicted octanol–water partition coefficient (Wildman–Crippen LogP) is 5.47. The lowest BCUT2D eigenvalue weighted by atomic mass is 10.0. The van der Waals surface area contributed by atoms with Crippen LogP contribution in [-0.2, 0) is 0 Å². The molecule has 0 aliphatic rings. The highest BCUT2D eigenvalue weighted by Crippen LogP contribution is 2.34. The van der Waals surface area contributed by atoms with Crippen molar-refractivity contribution in [3.63, 3.8) is 0 Å². The summed E-state index contributed by atoms with van der Waals surface area (Å²) in [5.41, 5.74) is 9.30. The number of fused-ring (bicyclic) bond motifs is 1. The van der Waals surface area contributed by atoms with Crippen LogP contribution in [0.3, 0.4) is 0 Å². The molecule has 1 atom stereocenters. The van der Waals surface area contributed by atoms with E-state index in [2.05, 4.69) is 12.2 Å². The lowest BCUT2D eigenvalue weighted by Gasteiger charge is -2.14. The standard InChI is InChI=1S/C24H23ClN4O/c1-2-18(26)14-27-23-19-8-3-4-9-21(19)28-24(29-23)20-13-16(10-11-22(20)30)15-6-5-7-17(25)12-15/h3-13,18,30H,2,14,26H2,1H3,(H,27,28,29). The Morgan fingerprint density at radius 3 is 2.60 bits per heavy atom. The highest BCUT2D eigenvalue weighted by Gasteiger charge is 2.14. The fourth-order valence-electron chi connectivity index (χ4n) is 3.27. The summed E-state index contributed by atoms with van der Waals surface area (Å²) in [5, 5.41) is 15.5. The summed E-state index contributed by atoms with van der Waals surface area (Å²) < 4.78 is 0. The largest absolute Gasteiger partial charge is 0.507 e. The molecule has 1 aromatic heterocycles. The molecule has 0 fully saturated rings. The molecule has 4 N–H and O–H groups in total. The fraction of sp³-hybridized carbons (Fsp3) is 0.167. The Kier molecular flexibility index (Phi) is 5.84. The Labute approximate surface area is 180 Å². The summed E-state index contributed by atoms with van der Waals surface area (Å²) in [6.45, 7) is 2.65. The minimum absolute atomic E-state index is 0.0294. The van der Waals surface area contributed by atoms with E-state index < -0.39 is 0 Å². The van der Waals surface area contributed by atoms with Crippen LogP contribution in [0, 0.1) is 0 Å². The summed E-state index contributed by atoms with van der Waals surface area (Å²) >= 11 is 6.15. The number of halogens is 1. The first-order chi connectivity index (χ1) is 14.5. The summed E-state index contributed by atoms with van der Waals surface area (Å²) in [4.78, 5) is 9.42. The first-order valence-electron chi connectivity index (χ1n) is 9.90. The lowest BCUT2D eigenvalue weighted by Crippen LogP contribution is -2.28. The minimum atomic E-state index is 0.0294. The molecule has 0 aliphatic heterocycles. The van der Waals surface area contributed by atoms with E-state index in [0.29, 0.717) is 28.8 Å². The monoisotopic (exact) mass is 418 g/mol. The van der Waals surface area contributed by atoms with Gasteiger partial charge in [-0.3, -0.25) is 0 Å². The van der Waals surface area contributed by atoms with Gasteiger partial charge in [-0.05, 0) is 53.9 Å². The van der Waals surface area contributed by atoms with E-state index in [4.69, 9.17) is 27.3 Å². The average Bonchev–Trinajstić information content (AvgIpc) is 2.77. The van der Waals surface area contributed by atoms with Crippen molar-refractivity contribution in [2.45, 2.75) is 19.4 Å². The van der Waals surface area contributed by atoms with Crippen LogP contribution in [-0.4, -0.2) is 27.7 Å². The number of aromatic hydroxyl groups is 1. The summed E-state index contributed by atoms with van der Waals surface area (Å²) in [7, 11) is 0. The number of benzene rings is 3. The normalized spacial score (nSPS) is 12.1. The van der Waals surface area contributed by atoms with Crippen molar-refractivity contribution in [3.8, 4) is 28.3 Å². The molecule has 152 valence electrons. The summed E-state index contributed by atoms with van der Waals surface area (Å²) in [5.74, 6) is 1.27. The van der Waals surface area contributed by atoms with Crippen molar-refractivity contribution in [3.05, 3.63) is 71.8 Å². The molecule has 6 heteroatoms. The number of aromatic nitrogens is 2. The van der Waals surface area contributed by atoms with E-state index in [9.17, 15) is 5.11 Å². The van der Waals surface area contributed by atoms with Gasteiger partial charge in [-0.1, -0.05) is 48.9 Å². The number of nitrogens with two attached hydrogens (primary N) is 1. The Morgan fingerprint density at radius 2 is 1.80 bits per heavy atom. The van der Waals surface area contributed by atoms with E-state index >= 15 is 0 Å². The number of hydrogen-bond acceptors (Lipinski definition) is 5. The van der Waals surface area contributed by atoms with Gasteiger partial charge in [0.2, 0.25) is 0 Å². The van der Waals surface area contributed by atoms with Crippen LogP contribution in [0.2, 0.25) is 5.02 Å². The topological polar surface area (TPSA) is 84.1 Å². The van der Waals surface area contributed by atoms with Crippen LogP contribution in [0.4, 0.5) is 5.82 Å². The minimum Gasteiger partial charge on any atom is -0.507 e. The van der Waals surface area contributed by atoms with Crippen LogP contribution in [0.5, 0.6) is 5.75 Å². The molecule has 0 saturated carbocycles. The molecular formula is C24H23ClN4O. The van der Waals surface area contributed by atoms with E-state index in [1.54, 1.807) is 6.07 Å². The SMILES string of the molecule is CCC(N)CNc1nc(-c2cc(-c3cccc(Cl)c3)ccc2O)nc2ccccc12. The van der Waals surface area contributed by atoms with Gasteiger partial charge in [-0.15, -0.1) is 0 Å². The molecule has 30 heavy (non-hydrogen) atoms. The highest BCUT2D eigenvalue weighted by atomic mass is 35.5. The maximum absolute atomic E-state index is 10.6. The van der Waals surface area contributed by atoms with Gasteiger partial charge in [0, 0.05) is 23.0 Å². The predicted molar refractivity (Wildman–Crippen MR) is 124 cm³/mol. The number of para-hydroxylation sites is 1. The van der Waals surface area contributed by atoms with Gasteiger partial charge < -0.3 is 16.2 Å². The number of hydrogen-bond donors (Lipinski definition) is 3. The van der Waals surface area contributed by atoms with Crippen LogP contribution < -0.4 is 11.1 Å². The third-order valence-electron chi connectivity index (χ3n) is 5.05. The highest BCUT2D eigenvalue weighted by molar-refractivity contribution is 6.30. The molecular weight excluding hydrogens is 396 g/mol. The van der Waals surface area contributed by atoms with Gasteiger partial charge in [0.05, 0.1) is 11.1 Å². The molecule has 0 amide bonds. The van der Waals surface area contributed by atoms with Gasteiger partial charge in [0.25, 0.3) is 0 Å². The molecule has 5 nitrogen and oxygen atoms in total. The fourth-order valence-corrected chi connectivity index (χ4v) is 3.46. The smallest absolute Gasteiger partial charge is 0.165 e. The van der Waals surface area contributed by atoms with Crippen molar-refractivity contribution < 1.29 is 5.11 Å². The van der Waals surface area contributed by atoms with E-state index in [1.165, 1.54) is 0 Å². The van der Waals surface area contributed by atoms with E-state index in [0.717, 1.165) is 28.5 Å². The Balaban J connectivity index is 1.82. The van der Waals surface area contributed by atoms with Crippen LogP contribution in [0.15, 0.2) is 66.7 Å². The van der Waals surface area contributed by atoms with Crippen molar-refractivity contribution in [2.75, 3.05) is 11.9 Å². The second-order valence-electron chi connectivity index (χ2n) is 7.20. The maximum atomic E-state index is 10.6. The first kappa shape index (κ1) is 20.1. The van der Waals surface area contributed by atoms with Gasteiger partial charge >= 0.3 is 0 Å². The second kappa shape index (κ2) is 8.69. The molecule has 3 aromatic carbocycles. The zero-order valence-electron chi connectivity index (χ0n) is 16.6. The molecule has 0 spiro atoms. The van der Waals surface area contributed by atoms with Gasteiger partial charge in [0.1, 0.15) is 11.6 Å². The molecule has 4 rings (SSSR count).